The van der Waals surface area contributed by atoms with E-state index in [-0.39, 0.29) is 6.54 Å². The highest BCUT2D eigenvalue weighted by molar-refractivity contribution is 5.37. The van der Waals surface area contributed by atoms with Crippen molar-refractivity contribution in [1.82, 2.24) is 0 Å². The van der Waals surface area contributed by atoms with E-state index in [1.165, 1.54) is 12.8 Å². The second-order valence-electron chi connectivity index (χ2n) is 4.60. The quantitative estimate of drug-likeness (QED) is 0.817. The van der Waals surface area contributed by atoms with Crippen molar-refractivity contribution in [1.29, 1.82) is 0 Å². The minimum Gasteiger partial charge on any atom is -0.443 e. The third kappa shape index (κ3) is 2.39. The Hall–Kier alpha value is -1.00. The summed E-state index contributed by atoms with van der Waals surface area (Å²) in [5.41, 5.74) is 5.39. The van der Waals surface area contributed by atoms with Crippen molar-refractivity contribution >= 4 is 5.88 Å². The maximum absolute atomic E-state index is 9.55. The van der Waals surface area contributed by atoms with Crippen LogP contribution >= 0.6 is 0 Å². The molecule has 3 N–H and O–H groups in total. The number of nitrogens with two attached hydrogens (primary N) is 1. The fourth-order valence-electron chi connectivity index (χ4n) is 2.04. The average molecular weight is 224 g/mol. The van der Waals surface area contributed by atoms with Gasteiger partial charge in [0.1, 0.15) is 11.9 Å². The largest absolute Gasteiger partial charge is 0.443 e. The number of piperidine rings is 1. The lowest BCUT2D eigenvalue weighted by Crippen LogP contribution is -2.32. The molecule has 2 rings (SSSR count). The van der Waals surface area contributed by atoms with Crippen LogP contribution in [0.15, 0.2) is 16.5 Å². The van der Waals surface area contributed by atoms with Crippen LogP contribution in [0.4, 0.5) is 5.88 Å². The molecule has 1 atom stereocenters. The van der Waals surface area contributed by atoms with E-state index in [1.807, 2.05) is 12.1 Å². The Kier molecular flexibility index (Phi) is 3.51. The van der Waals surface area contributed by atoms with Gasteiger partial charge in [-0.3, -0.25) is 0 Å². The highest BCUT2D eigenvalue weighted by Crippen LogP contribution is 2.26. The van der Waals surface area contributed by atoms with Crippen LogP contribution in [0.5, 0.6) is 0 Å². The van der Waals surface area contributed by atoms with Crippen molar-refractivity contribution in [3.05, 3.63) is 17.9 Å². The molecule has 0 spiro atoms. The van der Waals surface area contributed by atoms with Gasteiger partial charge in [-0.2, -0.15) is 0 Å². The first-order valence-electron chi connectivity index (χ1n) is 5.93. The highest BCUT2D eigenvalue weighted by atomic mass is 16.4. The average Bonchev–Trinajstić information content (AvgIpc) is 2.78. The summed E-state index contributed by atoms with van der Waals surface area (Å²) in [7, 11) is 0. The van der Waals surface area contributed by atoms with Gasteiger partial charge in [-0.25, -0.2) is 0 Å². The monoisotopic (exact) mass is 224 g/mol. The number of rotatable bonds is 3. The van der Waals surface area contributed by atoms with Gasteiger partial charge in [0.2, 0.25) is 0 Å². The fourth-order valence-corrected chi connectivity index (χ4v) is 2.04. The van der Waals surface area contributed by atoms with E-state index in [0.717, 1.165) is 24.9 Å². The molecule has 1 aliphatic heterocycles. The topological polar surface area (TPSA) is 62.6 Å². The molecule has 2 heterocycles. The molecule has 90 valence electrons. The molecule has 1 fully saturated rings. The van der Waals surface area contributed by atoms with Gasteiger partial charge in [-0.15, -0.1) is 0 Å². The molecule has 0 bridgehead atoms. The third-order valence-corrected chi connectivity index (χ3v) is 3.26. The van der Waals surface area contributed by atoms with E-state index < -0.39 is 6.10 Å². The van der Waals surface area contributed by atoms with Crippen LogP contribution in [0, 0.1) is 5.92 Å². The number of hydrogen-bond donors (Lipinski definition) is 2. The van der Waals surface area contributed by atoms with E-state index in [4.69, 9.17) is 10.2 Å². The Bertz CT molecular complexity index is 330. The van der Waals surface area contributed by atoms with Crippen molar-refractivity contribution in [3.63, 3.8) is 0 Å². The molecule has 0 aromatic carbocycles. The zero-order valence-electron chi connectivity index (χ0n) is 9.72. The first-order chi connectivity index (χ1) is 7.70. The Morgan fingerprint density at radius 3 is 2.81 bits per heavy atom. The summed E-state index contributed by atoms with van der Waals surface area (Å²) in [5, 5.41) is 9.55. The van der Waals surface area contributed by atoms with Gasteiger partial charge in [0, 0.05) is 25.7 Å². The smallest absolute Gasteiger partial charge is 0.195 e. The van der Waals surface area contributed by atoms with E-state index in [9.17, 15) is 5.11 Å². The van der Waals surface area contributed by atoms with Gasteiger partial charge in [-0.1, -0.05) is 6.92 Å². The maximum Gasteiger partial charge on any atom is 0.195 e. The van der Waals surface area contributed by atoms with Crippen molar-refractivity contribution in [2.75, 3.05) is 24.5 Å². The standard InChI is InChI=1S/C12H20N2O2/c1-9-4-6-14(7-5-9)12-3-2-11(16-12)10(15)8-13/h2-3,9-10,15H,4-8,13H2,1H3. The molecule has 16 heavy (non-hydrogen) atoms. The van der Waals surface area contributed by atoms with Gasteiger partial charge in [0.15, 0.2) is 5.88 Å². The Morgan fingerprint density at radius 1 is 1.50 bits per heavy atom. The van der Waals surface area contributed by atoms with Crippen LogP contribution in [-0.2, 0) is 0 Å². The zero-order valence-corrected chi connectivity index (χ0v) is 9.72. The van der Waals surface area contributed by atoms with Gasteiger partial charge < -0.3 is 20.2 Å². The maximum atomic E-state index is 9.55. The molecule has 1 saturated heterocycles. The molecule has 0 radical (unpaired) electrons. The lowest BCUT2D eigenvalue weighted by atomic mass is 9.99. The summed E-state index contributed by atoms with van der Waals surface area (Å²) in [5.74, 6) is 2.23. The van der Waals surface area contributed by atoms with Gasteiger partial charge in [-0.05, 0) is 24.8 Å². The van der Waals surface area contributed by atoms with E-state index >= 15 is 0 Å². The van der Waals surface area contributed by atoms with Crippen molar-refractivity contribution in [2.45, 2.75) is 25.9 Å². The van der Waals surface area contributed by atoms with Crippen LogP contribution in [0.3, 0.4) is 0 Å². The van der Waals surface area contributed by atoms with E-state index in [1.54, 1.807) is 0 Å². The summed E-state index contributed by atoms with van der Waals surface area (Å²) in [4.78, 5) is 2.23. The third-order valence-electron chi connectivity index (χ3n) is 3.26. The first-order valence-corrected chi connectivity index (χ1v) is 5.93. The van der Waals surface area contributed by atoms with Crippen molar-refractivity contribution < 1.29 is 9.52 Å². The molecular formula is C12H20N2O2. The Balaban J connectivity index is 2.01. The second-order valence-corrected chi connectivity index (χ2v) is 4.60. The molecule has 1 aromatic heterocycles. The second kappa shape index (κ2) is 4.89. The molecule has 0 aliphatic carbocycles. The van der Waals surface area contributed by atoms with Crippen molar-refractivity contribution in [2.24, 2.45) is 11.7 Å². The molecule has 1 aliphatic rings. The van der Waals surface area contributed by atoms with E-state index in [0.29, 0.717) is 5.76 Å². The van der Waals surface area contributed by atoms with Gasteiger partial charge in [0.25, 0.3) is 0 Å². The summed E-state index contributed by atoms with van der Waals surface area (Å²) in [6.07, 6.45) is 1.72. The lowest BCUT2D eigenvalue weighted by molar-refractivity contribution is 0.158. The molecule has 4 nitrogen and oxygen atoms in total. The minimum atomic E-state index is -0.683. The van der Waals surface area contributed by atoms with Crippen LogP contribution in [0.2, 0.25) is 0 Å². The number of anilines is 1. The first kappa shape index (κ1) is 11.5. The molecule has 0 amide bonds. The number of furan rings is 1. The lowest BCUT2D eigenvalue weighted by Gasteiger charge is -2.29. The molecule has 1 aromatic rings. The SMILES string of the molecule is CC1CCN(c2ccc(C(O)CN)o2)CC1. The molecule has 0 saturated carbocycles. The van der Waals surface area contributed by atoms with Crippen molar-refractivity contribution in [3.8, 4) is 0 Å². The van der Waals surface area contributed by atoms with Crippen LogP contribution in [-0.4, -0.2) is 24.7 Å². The fraction of sp³-hybridized carbons (Fsp3) is 0.667. The predicted molar refractivity (Wildman–Crippen MR) is 63.3 cm³/mol. The predicted octanol–water partition coefficient (Wildman–Crippen LogP) is 1.51. The van der Waals surface area contributed by atoms with E-state index in [2.05, 4.69) is 11.8 Å². The summed E-state index contributed by atoms with van der Waals surface area (Å²) in [6.45, 7) is 4.55. The molecule has 1 unspecified atom stereocenters. The highest BCUT2D eigenvalue weighted by Gasteiger charge is 2.19. The Labute approximate surface area is 96.0 Å². The minimum absolute atomic E-state index is 0.198. The van der Waals surface area contributed by atoms with Crippen LogP contribution in [0.25, 0.3) is 0 Å². The summed E-state index contributed by atoms with van der Waals surface area (Å²) < 4.78 is 5.61. The van der Waals surface area contributed by atoms with Gasteiger partial charge in [0.05, 0.1) is 0 Å². The number of hydrogen-bond acceptors (Lipinski definition) is 4. The normalized spacial score (nSPS) is 20.1. The Morgan fingerprint density at radius 2 is 2.19 bits per heavy atom. The number of aliphatic hydroxyl groups excluding tert-OH is 1. The van der Waals surface area contributed by atoms with Crippen LogP contribution in [0.1, 0.15) is 31.6 Å². The number of aliphatic hydroxyl groups is 1. The molecule has 4 heteroatoms. The van der Waals surface area contributed by atoms with Gasteiger partial charge >= 0.3 is 0 Å². The zero-order chi connectivity index (χ0) is 11.5. The summed E-state index contributed by atoms with van der Waals surface area (Å²) in [6, 6.07) is 3.73. The summed E-state index contributed by atoms with van der Waals surface area (Å²) >= 11 is 0. The molecular weight excluding hydrogens is 204 g/mol. The number of nitrogens with zero attached hydrogens (tertiary/aromatic N) is 1. The van der Waals surface area contributed by atoms with Crippen LogP contribution < -0.4 is 10.6 Å².